The van der Waals surface area contributed by atoms with E-state index in [0.29, 0.717) is 16.6 Å². The maximum atomic E-state index is 12.3. The van der Waals surface area contributed by atoms with Gasteiger partial charge in [-0.25, -0.2) is 4.98 Å². The largest absolute Gasteiger partial charge is 0.471 e. The summed E-state index contributed by atoms with van der Waals surface area (Å²) < 4.78 is 49.1. The number of benzene rings is 1. The average Bonchev–Trinajstić information content (AvgIpc) is 3.23. The van der Waals surface area contributed by atoms with Crippen LogP contribution in [0.25, 0.3) is 21.6 Å². The lowest BCUT2D eigenvalue weighted by Crippen LogP contribution is -2.36. The molecule has 3 rings (SSSR count). The Kier molecular flexibility index (Phi) is 8.48. The van der Waals surface area contributed by atoms with Crippen molar-refractivity contribution < 1.29 is 32.3 Å². The summed E-state index contributed by atoms with van der Waals surface area (Å²) in [4.78, 5) is 31.4. The van der Waals surface area contributed by atoms with E-state index >= 15 is 0 Å². The average molecular weight is 495 g/mol. The molecule has 0 saturated heterocycles. The third kappa shape index (κ3) is 7.35. The number of fused-ring (bicyclic) bond motifs is 1. The number of nitrogens with one attached hydrogen (secondary N) is 1. The minimum absolute atomic E-state index is 0.0630. The number of hydrogen-bond acceptors (Lipinski definition) is 9. The first-order valence-electron chi connectivity index (χ1n) is 10.1. The van der Waals surface area contributed by atoms with Gasteiger partial charge in [0.1, 0.15) is 19.5 Å². The van der Waals surface area contributed by atoms with Gasteiger partial charge in [-0.2, -0.15) is 27.9 Å². The van der Waals surface area contributed by atoms with Gasteiger partial charge in [0.05, 0.1) is 13.2 Å². The molecule has 13 nitrogen and oxygen atoms in total. The molecule has 0 aliphatic carbocycles. The Labute approximate surface area is 195 Å². The summed E-state index contributed by atoms with van der Waals surface area (Å²) in [5.74, 6) is -1.96. The molecule has 2 aromatic heterocycles. The number of anilines is 1. The first-order valence-corrected chi connectivity index (χ1v) is 10.1. The fourth-order valence-corrected chi connectivity index (χ4v) is 2.70. The van der Waals surface area contributed by atoms with E-state index in [1.165, 1.54) is 11.1 Å². The number of nitrogen functional groups attached to an aromatic ring is 1. The van der Waals surface area contributed by atoms with Crippen LogP contribution in [-0.4, -0.2) is 58.1 Å². The zero-order chi connectivity index (χ0) is 25.3. The molecule has 0 atom stereocenters. The van der Waals surface area contributed by atoms with E-state index in [1.54, 1.807) is 29.6 Å². The highest BCUT2D eigenvalue weighted by atomic mass is 19.4. The summed E-state index contributed by atoms with van der Waals surface area (Å²) in [7, 11) is 0. The maximum absolute atomic E-state index is 12.3. The Morgan fingerprint density at radius 2 is 1.91 bits per heavy atom. The van der Waals surface area contributed by atoms with Gasteiger partial charge in [0.25, 0.3) is 0 Å². The number of amides is 1. The molecule has 0 aliphatic heterocycles. The van der Waals surface area contributed by atoms with E-state index < -0.39 is 12.1 Å². The molecule has 186 valence electrons. The molecule has 0 saturated carbocycles. The number of ether oxygens (including phenoxy) is 2. The Balaban J connectivity index is 1.56. The zero-order valence-electron chi connectivity index (χ0n) is 18.1. The van der Waals surface area contributed by atoms with Crippen LogP contribution in [0.2, 0.25) is 0 Å². The highest BCUT2D eigenvalue weighted by Gasteiger charge is 2.38. The van der Waals surface area contributed by atoms with Gasteiger partial charge in [-0.1, -0.05) is 29.4 Å². The van der Waals surface area contributed by atoms with Gasteiger partial charge in [-0.05, 0) is 16.7 Å². The molecule has 2 heterocycles. The van der Waals surface area contributed by atoms with Crippen LogP contribution in [0.3, 0.4) is 0 Å². The number of azide groups is 1. The number of imidazole rings is 1. The molecule has 0 radical (unpaired) electrons. The fourth-order valence-electron chi connectivity index (χ4n) is 2.70. The molecule has 0 aliphatic rings. The van der Waals surface area contributed by atoms with Gasteiger partial charge in [-0.3, -0.25) is 4.79 Å². The van der Waals surface area contributed by atoms with Gasteiger partial charge in [0, 0.05) is 18.0 Å². The number of halogens is 3. The van der Waals surface area contributed by atoms with Crippen LogP contribution in [-0.2, 0) is 22.7 Å². The van der Waals surface area contributed by atoms with Crippen molar-refractivity contribution in [3.05, 3.63) is 52.2 Å². The zero-order valence-corrected chi connectivity index (χ0v) is 18.1. The van der Waals surface area contributed by atoms with Crippen molar-refractivity contribution in [2.45, 2.75) is 19.3 Å². The standard InChI is InChI=1S/C19H20F3N9O4/c20-19(21,22)17(32)25-9-12-1-3-13(4-2-12)10-34-16-14-15(28-18(23)29-16)31(11-26-14)35-8-7-33-6-5-27-30-24/h1-4,11H,5-10H2,(H,25,32)(H2,23,28,29). The highest BCUT2D eigenvalue weighted by Crippen LogP contribution is 2.22. The van der Waals surface area contributed by atoms with Crippen molar-refractivity contribution in [3.63, 3.8) is 0 Å². The topological polar surface area (TPSA) is 175 Å². The minimum Gasteiger partial charge on any atom is -0.471 e. The van der Waals surface area contributed by atoms with Gasteiger partial charge in [-0.15, -0.1) is 0 Å². The summed E-state index contributed by atoms with van der Waals surface area (Å²) in [6.07, 6.45) is -3.56. The number of carbonyl (C=O) groups excluding carboxylic acids is 1. The summed E-state index contributed by atoms with van der Waals surface area (Å²) in [6.45, 7) is 0.672. The second kappa shape index (κ2) is 11.7. The molecule has 3 N–H and O–H groups in total. The van der Waals surface area contributed by atoms with Crippen LogP contribution in [0.5, 0.6) is 5.88 Å². The highest BCUT2D eigenvalue weighted by molar-refractivity contribution is 5.81. The SMILES string of the molecule is [N-]=[N+]=NCCOCCOn1cnc2c(OCc3ccc(CNC(=O)C(F)(F)F)cc3)nc(N)nc21. The van der Waals surface area contributed by atoms with Crippen LogP contribution < -0.4 is 20.6 Å². The third-order valence-electron chi connectivity index (χ3n) is 4.32. The number of aromatic nitrogens is 4. The van der Waals surface area contributed by atoms with Crippen LogP contribution in [0.15, 0.2) is 35.7 Å². The number of nitrogens with two attached hydrogens (primary N) is 1. The summed E-state index contributed by atoms with van der Waals surface area (Å²) in [5.41, 5.74) is 15.7. The lowest BCUT2D eigenvalue weighted by molar-refractivity contribution is -0.173. The molecule has 0 unspecified atom stereocenters. The van der Waals surface area contributed by atoms with Crippen molar-refractivity contribution in [1.82, 2.24) is 25.0 Å². The molecule has 0 bridgehead atoms. The Hall–Kier alpha value is -4.30. The lowest BCUT2D eigenvalue weighted by Gasteiger charge is -2.10. The Bertz CT molecular complexity index is 1190. The van der Waals surface area contributed by atoms with E-state index in [0.717, 1.165) is 0 Å². The Morgan fingerprint density at radius 1 is 1.17 bits per heavy atom. The maximum Gasteiger partial charge on any atom is 0.471 e. The molecule has 16 heteroatoms. The second-order valence-electron chi connectivity index (χ2n) is 6.82. The number of rotatable bonds is 12. The third-order valence-corrected chi connectivity index (χ3v) is 4.32. The van der Waals surface area contributed by atoms with Crippen molar-refractivity contribution in [1.29, 1.82) is 0 Å². The summed E-state index contributed by atoms with van der Waals surface area (Å²) in [5, 5.41) is 5.15. The van der Waals surface area contributed by atoms with Crippen molar-refractivity contribution in [2.75, 3.05) is 32.1 Å². The van der Waals surface area contributed by atoms with Crippen LogP contribution in [0.4, 0.5) is 19.1 Å². The van der Waals surface area contributed by atoms with Crippen LogP contribution in [0.1, 0.15) is 11.1 Å². The molecule has 1 aromatic carbocycles. The molecule has 0 spiro atoms. The first-order chi connectivity index (χ1) is 16.8. The van der Waals surface area contributed by atoms with Crippen molar-refractivity contribution in [2.24, 2.45) is 5.11 Å². The van der Waals surface area contributed by atoms with Gasteiger partial charge in [0.15, 0.2) is 5.52 Å². The normalized spacial score (nSPS) is 11.2. The van der Waals surface area contributed by atoms with E-state index in [4.69, 9.17) is 25.6 Å². The quantitative estimate of drug-likeness (QED) is 0.166. The smallest absolute Gasteiger partial charge is 0.471 e. The molecule has 3 aromatic rings. The van der Waals surface area contributed by atoms with E-state index in [1.807, 2.05) is 0 Å². The van der Waals surface area contributed by atoms with Gasteiger partial charge in [0.2, 0.25) is 17.5 Å². The molecular weight excluding hydrogens is 475 g/mol. The number of alkyl halides is 3. The van der Waals surface area contributed by atoms with Crippen LogP contribution in [0, 0.1) is 0 Å². The molecular formula is C19H20F3N9O4. The monoisotopic (exact) mass is 495 g/mol. The predicted octanol–water partition coefficient (Wildman–Crippen LogP) is 1.92. The molecule has 35 heavy (non-hydrogen) atoms. The number of nitrogens with zero attached hydrogens (tertiary/aromatic N) is 7. The first kappa shape index (κ1) is 25.3. The predicted molar refractivity (Wildman–Crippen MR) is 115 cm³/mol. The summed E-state index contributed by atoms with van der Waals surface area (Å²) >= 11 is 0. The van der Waals surface area contributed by atoms with E-state index in [9.17, 15) is 18.0 Å². The van der Waals surface area contributed by atoms with Crippen LogP contribution >= 0.6 is 0 Å². The molecule has 1 amide bonds. The lowest BCUT2D eigenvalue weighted by atomic mass is 10.1. The van der Waals surface area contributed by atoms with Crippen molar-refractivity contribution in [3.8, 4) is 5.88 Å². The number of carbonyl (C=O) groups is 1. The number of hydrogen-bond donors (Lipinski definition) is 2. The van der Waals surface area contributed by atoms with Gasteiger partial charge >= 0.3 is 12.1 Å². The minimum atomic E-state index is -4.93. The fraction of sp³-hybridized carbons (Fsp3) is 0.368. The summed E-state index contributed by atoms with van der Waals surface area (Å²) in [6, 6.07) is 6.41. The van der Waals surface area contributed by atoms with Crippen molar-refractivity contribution >= 4 is 23.0 Å². The van der Waals surface area contributed by atoms with E-state index in [2.05, 4.69) is 25.0 Å². The Morgan fingerprint density at radius 3 is 2.63 bits per heavy atom. The van der Waals surface area contributed by atoms with E-state index in [-0.39, 0.29) is 57.0 Å². The molecule has 0 fully saturated rings. The van der Waals surface area contributed by atoms with Gasteiger partial charge < -0.3 is 25.4 Å². The second-order valence-corrected chi connectivity index (χ2v) is 6.82.